The fourth-order valence-electron chi connectivity index (χ4n) is 1.32. The molecular formula is C8H13NO5. The van der Waals surface area contributed by atoms with Gasteiger partial charge in [-0.2, -0.15) is 0 Å². The van der Waals surface area contributed by atoms with E-state index in [0.717, 1.165) is 0 Å². The molecule has 0 aliphatic carbocycles. The van der Waals surface area contributed by atoms with Crippen LogP contribution in [0, 0.1) is 5.92 Å². The molecule has 1 heterocycles. The Morgan fingerprint density at radius 1 is 1.57 bits per heavy atom. The Labute approximate surface area is 81.2 Å². The number of carbonyl (C=O) groups is 2. The van der Waals surface area contributed by atoms with Crippen molar-refractivity contribution in [3.8, 4) is 0 Å². The highest BCUT2D eigenvalue weighted by Crippen LogP contribution is 2.13. The Morgan fingerprint density at radius 2 is 2.29 bits per heavy atom. The quantitative estimate of drug-likeness (QED) is 0.602. The number of hydrogen-bond donors (Lipinski definition) is 2. The van der Waals surface area contributed by atoms with Crippen LogP contribution in [0.4, 0.5) is 0 Å². The number of aliphatic carboxylic acids is 1. The molecule has 0 bridgehead atoms. The molecule has 0 aromatic carbocycles. The van der Waals surface area contributed by atoms with E-state index in [1.54, 1.807) is 0 Å². The van der Waals surface area contributed by atoms with Crippen molar-refractivity contribution in [2.45, 2.75) is 6.04 Å². The maximum atomic E-state index is 11.1. The lowest BCUT2D eigenvalue weighted by atomic mass is 10.0. The van der Waals surface area contributed by atoms with E-state index in [9.17, 15) is 9.59 Å². The molecule has 1 aliphatic rings. The SMILES string of the molecule is COCC(=O)NC1COCC1C(=O)O. The Morgan fingerprint density at radius 3 is 2.86 bits per heavy atom. The molecule has 0 saturated carbocycles. The molecule has 2 N–H and O–H groups in total. The van der Waals surface area contributed by atoms with Gasteiger partial charge in [0.05, 0.1) is 19.3 Å². The summed E-state index contributed by atoms with van der Waals surface area (Å²) < 4.78 is 9.58. The predicted molar refractivity (Wildman–Crippen MR) is 45.8 cm³/mol. The molecule has 6 nitrogen and oxygen atoms in total. The topological polar surface area (TPSA) is 84.9 Å². The van der Waals surface area contributed by atoms with Gasteiger partial charge in [0, 0.05) is 7.11 Å². The number of hydrogen-bond acceptors (Lipinski definition) is 4. The van der Waals surface area contributed by atoms with Gasteiger partial charge in [0.15, 0.2) is 0 Å². The third-order valence-electron chi connectivity index (χ3n) is 2.02. The van der Waals surface area contributed by atoms with Crippen LogP contribution in [0.5, 0.6) is 0 Å². The minimum Gasteiger partial charge on any atom is -0.481 e. The van der Waals surface area contributed by atoms with Crippen LogP contribution in [0.25, 0.3) is 0 Å². The number of nitrogens with one attached hydrogen (secondary N) is 1. The fraction of sp³-hybridized carbons (Fsp3) is 0.750. The van der Waals surface area contributed by atoms with Crippen LogP contribution < -0.4 is 5.32 Å². The second kappa shape index (κ2) is 4.92. The molecule has 1 amide bonds. The average molecular weight is 203 g/mol. The zero-order valence-corrected chi connectivity index (χ0v) is 7.86. The highest BCUT2D eigenvalue weighted by molar-refractivity contribution is 5.79. The van der Waals surface area contributed by atoms with Crippen LogP contribution in [-0.2, 0) is 19.1 Å². The van der Waals surface area contributed by atoms with E-state index in [1.165, 1.54) is 7.11 Å². The molecule has 2 atom stereocenters. The molecule has 1 saturated heterocycles. The third kappa shape index (κ3) is 2.68. The molecule has 0 radical (unpaired) electrons. The number of amides is 1. The van der Waals surface area contributed by atoms with Gasteiger partial charge in [-0.05, 0) is 0 Å². The minimum atomic E-state index is -0.954. The van der Waals surface area contributed by atoms with E-state index in [1.807, 2.05) is 0 Å². The summed E-state index contributed by atoms with van der Waals surface area (Å²) in [7, 11) is 1.40. The molecule has 1 aliphatic heterocycles. The van der Waals surface area contributed by atoms with Crippen molar-refractivity contribution >= 4 is 11.9 Å². The highest BCUT2D eigenvalue weighted by atomic mass is 16.5. The van der Waals surface area contributed by atoms with Crippen LogP contribution in [0.15, 0.2) is 0 Å². The summed E-state index contributed by atoms with van der Waals surface area (Å²) in [6.07, 6.45) is 0. The molecule has 2 unspecified atom stereocenters. The smallest absolute Gasteiger partial charge is 0.311 e. The van der Waals surface area contributed by atoms with E-state index in [0.29, 0.717) is 0 Å². The highest BCUT2D eigenvalue weighted by Gasteiger charge is 2.34. The molecule has 0 aromatic heterocycles. The Hall–Kier alpha value is -1.14. The maximum Gasteiger partial charge on any atom is 0.311 e. The van der Waals surface area contributed by atoms with Gasteiger partial charge in [0.1, 0.15) is 12.5 Å². The van der Waals surface area contributed by atoms with Gasteiger partial charge in [-0.25, -0.2) is 0 Å². The van der Waals surface area contributed by atoms with Crippen molar-refractivity contribution in [1.29, 1.82) is 0 Å². The van der Waals surface area contributed by atoms with Gasteiger partial charge in [-0.1, -0.05) is 0 Å². The summed E-state index contributed by atoms with van der Waals surface area (Å²) in [6, 6.07) is -0.449. The number of carboxylic acid groups (broad SMARTS) is 1. The van der Waals surface area contributed by atoms with Crippen LogP contribution in [-0.4, -0.2) is 50.0 Å². The van der Waals surface area contributed by atoms with Crippen molar-refractivity contribution in [2.75, 3.05) is 26.9 Å². The number of carbonyl (C=O) groups excluding carboxylic acids is 1. The monoisotopic (exact) mass is 203 g/mol. The summed E-state index contributed by atoms with van der Waals surface area (Å²) in [4.78, 5) is 21.8. The first-order valence-corrected chi connectivity index (χ1v) is 4.24. The first-order valence-electron chi connectivity index (χ1n) is 4.24. The van der Waals surface area contributed by atoms with Crippen LogP contribution in [0.3, 0.4) is 0 Å². The van der Waals surface area contributed by atoms with Crippen molar-refractivity contribution in [2.24, 2.45) is 5.92 Å². The molecule has 1 fully saturated rings. The summed E-state index contributed by atoms with van der Waals surface area (Å²) in [6.45, 7) is 0.322. The first-order chi connectivity index (χ1) is 6.65. The minimum absolute atomic E-state index is 0.0666. The molecule has 80 valence electrons. The van der Waals surface area contributed by atoms with Gasteiger partial charge >= 0.3 is 5.97 Å². The molecule has 14 heavy (non-hydrogen) atoms. The third-order valence-corrected chi connectivity index (χ3v) is 2.02. The molecular weight excluding hydrogens is 190 g/mol. The lowest BCUT2D eigenvalue weighted by Gasteiger charge is -2.14. The second-order valence-electron chi connectivity index (χ2n) is 3.09. The summed E-state index contributed by atoms with van der Waals surface area (Å²) >= 11 is 0. The van der Waals surface area contributed by atoms with E-state index >= 15 is 0 Å². The molecule has 0 aromatic rings. The summed E-state index contributed by atoms with van der Waals surface area (Å²) in [5.41, 5.74) is 0. The number of methoxy groups -OCH3 is 1. The standard InChI is InChI=1S/C8H13NO5/c1-13-4-7(10)9-6-3-14-2-5(6)8(11)12/h5-6H,2-4H2,1H3,(H,9,10)(H,11,12). The van der Waals surface area contributed by atoms with Crippen molar-refractivity contribution in [3.63, 3.8) is 0 Å². The van der Waals surface area contributed by atoms with Crippen LogP contribution in [0.1, 0.15) is 0 Å². The Bertz CT molecular complexity index is 230. The van der Waals surface area contributed by atoms with Gasteiger partial charge in [-0.3, -0.25) is 9.59 Å². The van der Waals surface area contributed by atoms with Gasteiger partial charge in [0.25, 0.3) is 0 Å². The zero-order valence-electron chi connectivity index (χ0n) is 7.86. The van der Waals surface area contributed by atoms with E-state index in [4.69, 9.17) is 9.84 Å². The molecule has 6 heteroatoms. The van der Waals surface area contributed by atoms with E-state index in [-0.39, 0.29) is 25.7 Å². The van der Waals surface area contributed by atoms with Crippen molar-refractivity contribution in [3.05, 3.63) is 0 Å². The summed E-state index contributed by atoms with van der Waals surface area (Å²) in [5, 5.41) is 11.3. The predicted octanol–water partition coefficient (Wildman–Crippen LogP) is -1.15. The van der Waals surface area contributed by atoms with E-state index < -0.39 is 17.9 Å². The maximum absolute atomic E-state index is 11.1. The zero-order chi connectivity index (χ0) is 10.6. The van der Waals surface area contributed by atoms with Gasteiger partial charge < -0.3 is 19.9 Å². The summed E-state index contributed by atoms with van der Waals surface area (Å²) in [5.74, 6) is -1.93. The lowest BCUT2D eigenvalue weighted by Crippen LogP contribution is -2.44. The van der Waals surface area contributed by atoms with Gasteiger partial charge in [-0.15, -0.1) is 0 Å². The number of carboxylic acids is 1. The number of ether oxygens (including phenoxy) is 2. The van der Waals surface area contributed by atoms with Gasteiger partial charge in [0.2, 0.25) is 5.91 Å². The Balaban J connectivity index is 2.43. The Kier molecular flexibility index (Phi) is 3.84. The van der Waals surface area contributed by atoms with Crippen LogP contribution in [0.2, 0.25) is 0 Å². The first kappa shape index (κ1) is 10.9. The van der Waals surface area contributed by atoms with Crippen molar-refractivity contribution in [1.82, 2.24) is 5.32 Å². The lowest BCUT2D eigenvalue weighted by molar-refractivity contribution is -0.142. The largest absolute Gasteiger partial charge is 0.481 e. The van der Waals surface area contributed by atoms with Crippen molar-refractivity contribution < 1.29 is 24.2 Å². The molecule has 1 rings (SSSR count). The van der Waals surface area contributed by atoms with E-state index in [2.05, 4.69) is 10.1 Å². The van der Waals surface area contributed by atoms with Crippen LogP contribution >= 0.6 is 0 Å². The second-order valence-corrected chi connectivity index (χ2v) is 3.09. The fourth-order valence-corrected chi connectivity index (χ4v) is 1.32. The number of rotatable bonds is 4. The normalized spacial score (nSPS) is 26.1. The average Bonchev–Trinajstić information content (AvgIpc) is 2.52. The molecule has 0 spiro atoms.